The van der Waals surface area contributed by atoms with Crippen LogP contribution in [0.3, 0.4) is 0 Å². The molecule has 1 aromatic carbocycles. The van der Waals surface area contributed by atoms with E-state index < -0.39 is 11.6 Å². The number of benzene rings is 1. The van der Waals surface area contributed by atoms with E-state index in [2.05, 4.69) is 27.4 Å². The highest BCUT2D eigenvalue weighted by molar-refractivity contribution is 14.0. The molecule has 1 aromatic rings. The third kappa shape index (κ3) is 7.73. The molecule has 1 aliphatic heterocycles. The van der Waals surface area contributed by atoms with Crippen LogP contribution in [0.5, 0.6) is 0 Å². The Kier molecular flexibility index (Phi) is 11.0. The second kappa shape index (κ2) is 12.4. The van der Waals surface area contributed by atoms with Crippen molar-refractivity contribution in [3.05, 3.63) is 35.4 Å². The van der Waals surface area contributed by atoms with Crippen molar-refractivity contribution in [3.8, 4) is 0 Å². The molecule has 0 spiro atoms. The van der Waals surface area contributed by atoms with Crippen molar-refractivity contribution in [1.29, 1.82) is 0 Å². The average molecular weight is 480 g/mol. The Bertz CT molecular complexity index is 560. The Hall–Kier alpha value is -0.960. The summed E-state index contributed by atoms with van der Waals surface area (Å²) in [5, 5.41) is 6.67. The molecule has 1 heterocycles. The van der Waals surface area contributed by atoms with Crippen LogP contribution in [-0.4, -0.2) is 50.1 Å². The number of nitrogens with zero attached hydrogens (tertiary/aromatic N) is 2. The fourth-order valence-corrected chi connectivity index (χ4v) is 3.11. The minimum Gasteiger partial charge on any atom is -0.356 e. The van der Waals surface area contributed by atoms with Gasteiger partial charge in [0, 0.05) is 38.8 Å². The molecule has 0 amide bonds. The van der Waals surface area contributed by atoms with Crippen molar-refractivity contribution in [2.24, 2.45) is 4.99 Å². The molecule has 0 aromatic heterocycles. The predicted octanol–water partition coefficient (Wildman–Crippen LogP) is 3.55. The van der Waals surface area contributed by atoms with Gasteiger partial charge < -0.3 is 15.5 Å². The molecule has 7 heteroatoms. The van der Waals surface area contributed by atoms with Crippen molar-refractivity contribution in [1.82, 2.24) is 15.5 Å². The molecule has 1 fully saturated rings. The third-order valence-corrected chi connectivity index (χ3v) is 4.68. The van der Waals surface area contributed by atoms with Crippen molar-refractivity contribution in [2.45, 2.75) is 45.1 Å². The molecule has 0 bridgehead atoms. The standard InChI is InChI=1S/C19H30F2N4.HI/c1-3-4-11-25-12-8-17(9-13-25)24-19(22-2)23-10-7-15-5-6-16(20)14-18(15)21;/h5-6,14,17H,3-4,7-13H2,1-2H3,(H2,22,23,24);1H. The molecule has 0 saturated carbocycles. The first-order valence-corrected chi connectivity index (χ1v) is 9.25. The monoisotopic (exact) mass is 480 g/mol. The number of nitrogens with one attached hydrogen (secondary N) is 2. The van der Waals surface area contributed by atoms with Crippen LogP contribution in [0.2, 0.25) is 0 Å². The van der Waals surface area contributed by atoms with E-state index in [0.717, 1.165) is 38.0 Å². The van der Waals surface area contributed by atoms with Crippen LogP contribution < -0.4 is 10.6 Å². The number of unbranched alkanes of at least 4 members (excludes halogenated alkanes) is 1. The summed E-state index contributed by atoms with van der Waals surface area (Å²) < 4.78 is 26.6. The molecule has 4 nitrogen and oxygen atoms in total. The minimum atomic E-state index is -0.544. The van der Waals surface area contributed by atoms with Gasteiger partial charge in [-0.15, -0.1) is 24.0 Å². The zero-order chi connectivity index (χ0) is 18.1. The van der Waals surface area contributed by atoms with Crippen LogP contribution >= 0.6 is 24.0 Å². The lowest BCUT2D eigenvalue weighted by Crippen LogP contribution is -2.49. The van der Waals surface area contributed by atoms with Gasteiger partial charge in [-0.25, -0.2) is 8.78 Å². The van der Waals surface area contributed by atoms with Crippen LogP contribution in [0.4, 0.5) is 8.78 Å². The summed E-state index contributed by atoms with van der Waals surface area (Å²) in [5.74, 6) is -0.296. The normalized spacial score (nSPS) is 16.2. The Morgan fingerprint density at radius 3 is 2.62 bits per heavy atom. The lowest BCUT2D eigenvalue weighted by molar-refractivity contribution is 0.203. The molecule has 0 aliphatic carbocycles. The maximum absolute atomic E-state index is 13.6. The third-order valence-electron chi connectivity index (χ3n) is 4.68. The van der Waals surface area contributed by atoms with Gasteiger partial charge in [-0.3, -0.25) is 4.99 Å². The number of hydrogen-bond acceptors (Lipinski definition) is 2. The number of aliphatic imine (C=N–C) groups is 1. The second-order valence-electron chi connectivity index (χ2n) is 6.60. The summed E-state index contributed by atoms with van der Waals surface area (Å²) in [5.41, 5.74) is 0.508. The highest BCUT2D eigenvalue weighted by Gasteiger charge is 2.19. The average Bonchev–Trinajstić information content (AvgIpc) is 2.62. The number of halogens is 3. The first-order chi connectivity index (χ1) is 12.1. The number of likely N-dealkylation sites (tertiary alicyclic amines) is 1. The van der Waals surface area contributed by atoms with Gasteiger partial charge in [-0.1, -0.05) is 19.4 Å². The molecule has 26 heavy (non-hydrogen) atoms. The van der Waals surface area contributed by atoms with E-state index in [4.69, 9.17) is 0 Å². The second-order valence-corrected chi connectivity index (χ2v) is 6.60. The first kappa shape index (κ1) is 23.1. The Labute approximate surface area is 172 Å². The Morgan fingerprint density at radius 2 is 2.00 bits per heavy atom. The zero-order valence-electron chi connectivity index (χ0n) is 15.7. The van der Waals surface area contributed by atoms with Crippen LogP contribution in [0.25, 0.3) is 0 Å². The van der Waals surface area contributed by atoms with E-state index in [0.29, 0.717) is 24.6 Å². The Morgan fingerprint density at radius 1 is 1.27 bits per heavy atom. The molecule has 0 atom stereocenters. The first-order valence-electron chi connectivity index (χ1n) is 9.25. The summed E-state index contributed by atoms with van der Waals surface area (Å²) in [6.45, 7) is 6.21. The number of rotatable bonds is 7. The van der Waals surface area contributed by atoms with Crippen LogP contribution in [0, 0.1) is 11.6 Å². The minimum absolute atomic E-state index is 0. The van der Waals surface area contributed by atoms with E-state index in [-0.39, 0.29) is 24.0 Å². The maximum Gasteiger partial charge on any atom is 0.191 e. The maximum atomic E-state index is 13.6. The predicted molar refractivity (Wildman–Crippen MR) is 114 cm³/mol. The van der Waals surface area contributed by atoms with Crippen LogP contribution in [0.1, 0.15) is 38.2 Å². The van der Waals surface area contributed by atoms with E-state index >= 15 is 0 Å². The molecular weight excluding hydrogens is 449 g/mol. The lowest BCUT2D eigenvalue weighted by Gasteiger charge is -2.33. The molecule has 0 radical (unpaired) electrons. The lowest BCUT2D eigenvalue weighted by atomic mass is 10.0. The van der Waals surface area contributed by atoms with Gasteiger partial charge in [-0.05, 0) is 43.9 Å². The molecular formula is C19H31F2IN4. The van der Waals surface area contributed by atoms with Gasteiger partial charge >= 0.3 is 0 Å². The van der Waals surface area contributed by atoms with Crippen molar-refractivity contribution in [3.63, 3.8) is 0 Å². The largest absolute Gasteiger partial charge is 0.356 e. The van der Waals surface area contributed by atoms with Crippen molar-refractivity contribution < 1.29 is 8.78 Å². The van der Waals surface area contributed by atoms with Gasteiger partial charge in [-0.2, -0.15) is 0 Å². The van der Waals surface area contributed by atoms with Crippen molar-refractivity contribution in [2.75, 3.05) is 33.2 Å². The van der Waals surface area contributed by atoms with E-state index in [1.807, 2.05) is 0 Å². The molecule has 2 N–H and O–H groups in total. The topological polar surface area (TPSA) is 39.7 Å². The van der Waals surface area contributed by atoms with Crippen LogP contribution in [0.15, 0.2) is 23.2 Å². The van der Waals surface area contributed by atoms with Gasteiger partial charge in [0.1, 0.15) is 11.6 Å². The van der Waals surface area contributed by atoms with E-state index in [1.54, 1.807) is 7.05 Å². The smallest absolute Gasteiger partial charge is 0.191 e. The molecule has 1 saturated heterocycles. The number of guanidine groups is 1. The summed E-state index contributed by atoms with van der Waals surface area (Å²) >= 11 is 0. The quantitative estimate of drug-likeness (QED) is 0.356. The molecule has 1 aliphatic rings. The number of piperidine rings is 1. The summed E-state index contributed by atoms with van der Waals surface area (Å²) in [4.78, 5) is 6.77. The molecule has 0 unspecified atom stereocenters. The fraction of sp³-hybridized carbons (Fsp3) is 0.632. The van der Waals surface area contributed by atoms with E-state index in [1.165, 1.54) is 31.5 Å². The molecule has 148 valence electrons. The van der Waals surface area contributed by atoms with Gasteiger partial charge in [0.25, 0.3) is 0 Å². The highest BCUT2D eigenvalue weighted by Crippen LogP contribution is 2.11. The van der Waals surface area contributed by atoms with Crippen LogP contribution in [-0.2, 0) is 6.42 Å². The summed E-state index contributed by atoms with van der Waals surface area (Å²) in [6, 6.07) is 4.13. The van der Waals surface area contributed by atoms with Crippen molar-refractivity contribution >= 4 is 29.9 Å². The van der Waals surface area contributed by atoms with Gasteiger partial charge in [0.15, 0.2) is 5.96 Å². The number of hydrogen-bond donors (Lipinski definition) is 2. The van der Waals surface area contributed by atoms with Gasteiger partial charge in [0.05, 0.1) is 0 Å². The zero-order valence-corrected chi connectivity index (χ0v) is 18.1. The fourth-order valence-electron chi connectivity index (χ4n) is 3.11. The summed E-state index contributed by atoms with van der Waals surface area (Å²) in [6.07, 6.45) is 5.21. The van der Waals surface area contributed by atoms with Gasteiger partial charge in [0.2, 0.25) is 0 Å². The SMILES string of the molecule is CCCCN1CCC(NC(=NC)NCCc2ccc(F)cc2F)CC1.I. The molecule has 2 rings (SSSR count). The Balaban J connectivity index is 0.00000338. The summed E-state index contributed by atoms with van der Waals surface area (Å²) in [7, 11) is 1.74. The van der Waals surface area contributed by atoms with E-state index in [9.17, 15) is 8.78 Å². The highest BCUT2D eigenvalue weighted by atomic mass is 127.